The molecule has 4 rings (SSSR count). The Bertz CT molecular complexity index is 1360. The number of hydrogen-bond donors (Lipinski definition) is 2. The molecule has 194 valence electrons. The first-order chi connectivity index (χ1) is 17.9. The number of aromatic amines is 1. The van der Waals surface area contributed by atoms with E-state index in [1.54, 1.807) is 36.3 Å². The lowest BCUT2D eigenvalue weighted by atomic mass is 10.0. The summed E-state index contributed by atoms with van der Waals surface area (Å²) >= 11 is 5.93. The van der Waals surface area contributed by atoms with Crippen molar-refractivity contribution in [2.24, 2.45) is 0 Å². The Kier molecular flexibility index (Phi) is 8.69. The summed E-state index contributed by atoms with van der Waals surface area (Å²) in [6, 6.07) is 22.1. The zero-order chi connectivity index (χ0) is 26.2. The molecular formula is C29H32ClN3O4. The monoisotopic (exact) mass is 521 g/mol. The molecule has 0 bridgehead atoms. The fourth-order valence-electron chi connectivity index (χ4n) is 4.29. The van der Waals surface area contributed by atoms with Crippen molar-refractivity contribution < 1.29 is 20.5 Å². The first-order valence-electron chi connectivity index (χ1n) is 12.0. The van der Waals surface area contributed by atoms with Crippen molar-refractivity contribution in [1.29, 1.82) is 0 Å². The fraction of sp³-hybridized carbons (Fsp3) is 0.241. The van der Waals surface area contributed by atoms with Crippen LogP contribution in [0, 0.1) is 0 Å². The minimum Gasteiger partial charge on any atom is -0.496 e. The van der Waals surface area contributed by atoms with E-state index in [-0.39, 0.29) is 25.9 Å². The number of hydrogen-bond acceptors (Lipinski definition) is 4. The largest absolute Gasteiger partial charge is 0.496 e. The second kappa shape index (κ2) is 12.3. The van der Waals surface area contributed by atoms with Crippen molar-refractivity contribution in [1.82, 2.24) is 15.2 Å². The number of nitrogens with one attached hydrogen (secondary N) is 2. The quantitative estimate of drug-likeness (QED) is 0.283. The number of rotatable bonds is 11. The van der Waals surface area contributed by atoms with E-state index >= 15 is 0 Å². The van der Waals surface area contributed by atoms with Crippen molar-refractivity contribution >= 4 is 34.3 Å². The van der Waals surface area contributed by atoms with Crippen LogP contribution < -0.4 is 14.8 Å². The van der Waals surface area contributed by atoms with Gasteiger partial charge in [0.1, 0.15) is 11.5 Å². The Labute approximate surface area is 222 Å². The molecule has 7 nitrogen and oxygen atoms in total. The Morgan fingerprint density at radius 3 is 2.51 bits per heavy atom. The molecule has 0 fully saturated rings. The average molecular weight is 522 g/mol. The highest BCUT2D eigenvalue weighted by Gasteiger charge is 2.22. The molecule has 3 aromatic carbocycles. The molecular weight excluding hydrogens is 490 g/mol. The van der Waals surface area contributed by atoms with Gasteiger partial charge in [0.15, 0.2) is 6.61 Å². The van der Waals surface area contributed by atoms with Crippen LogP contribution in [0.15, 0.2) is 79.0 Å². The molecule has 37 heavy (non-hydrogen) atoms. The van der Waals surface area contributed by atoms with Crippen LogP contribution in [0.4, 0.5) is 0 Å². The van der Waals surface area contributed by atoms with E-state index in [1.165, 1.54) is 6.92 Å². The van der Waals surface area contributed by atoms with Crippen LogP contribution in [0.3, 0.4) is 0 Å². The highest BCUT2D eigenvalue weighted by Crippen LogP contribution is 2.22. The molecule has 0 aliphatic carbocycles. The van der Waals surface area contributed by atoms with Gasteiger partial charge in [0.2, 0.25) is 5.91 Å². The number of halogens is 1. The zero-order valence-electron chi connectivity index (χ0n) is 20.9. The van der Waals surface area contributed by atoms with E-state index < -0.39 is 0 Å². The number of para-hydroxylation sites is 2. The van der Waals surface area contributed by atoms with E-state index in [2.05, 4.69) is 10.3 Å². The van der Waals surface area contributed by atoms with E-state index in [0.717, 1.165) is 22.0 Å². The van der Waals surface area contributed by atoms with Crippen LogP contribution >= 0.6 is 11.6 Å². The minimum atomic E-state index is -0.348. The molecule has 0 saturated heterocycles. The first kappa shape index (κ1) is 26.1. The van der Waals surface area contributed by atoms with Gasteiger partial charge in [-0.25, -0.2) is 0 Å². The molecule has 0 aliphatic heterocycles. The van der Waals surface area contributed by atoms with Gasteiger partial charge in [0.05, 0.1) is 13.2 Å². The summed E-state index contributed by atoms with van der Waals surface area (Å²) in [5, 5.41) is 4.75. The Morgan fingerprint density at radius 1 is 1.03 bits per heavy atom. The minimum absolute atomic E-state index is 0. The first-order valence-corrected chi connectivity index (χ1v) is 12.4. The summed E-state index contributed by atoms with van der Waals surface area (Å²) in [5.41, 5.74) is 2.97. The predicted octanol–water partition coefficient (Wildman–Crippen LogP) is 5.23. The highest BCUT2D eigenvalue weighted by atomic mass is 35.5. The number of aromatic nitrogens is 1. The van der Waals surface area contributed by atoms with E-state index in [4.69, 9.17) is 21.1 Å². The number of amides is 2. The molecule has 2 amide bonds. The number of nitrogens with zero attached hydrogens (tertiary/aromatic N) is 1. The van der Waals surface area contributed by atoms with E-state index in [9.17, 15) is 9.59 Å². The molecule has 4 aromatic rings. The summed E-state index contributed by atoms with van der Waals surface area (Å²) in [7, 11) is 1.61. The van der Waals surface area contributed by atoms with Gasteiger partial charge >= 0.3 is 0 Å². The van der Waals surface area contributed by atoms with Gasteiger partial charge in [-0.1, -0.05) is 48.0 Å². The topological polar surface area (TPSA) is 83.7 Å². The SMILES string of the molecule is COc1ccccc1CN(CC(Cc1c[nH]c2ccccc12)NC(=O)COc1ccc(Cl)cc1)C(C)=O.[HH]. The van der Waals surface area contributed by atoms with E-state index in [1.807, 2.05) is 54.7 Å². The average Bonchev–Trinajstić information content (AvgIpc) is 3.31. The maximum atomic E-state index is 12.9. The summed E-state index contributed by atoms with van der Waals surface area (Å²) in [6.07, 6.45) is 2.48. The summed E-state index contributed by atoms with van der Waals surface area (Å²) in [6.45, 7) is 2.06. The molecule has 0 radical (unpaired) electrons. The molecule has 0 spiro atoms. The number of fused-ring (bicyclic) bond motifs is 1. The van der Waals surface area contributed by atoms with Crippen molar-refractivity contribution in [3.8, 4) is 11.5 Å². The third-order valence-corrected chi connectivity index (χ3v) is 6.38. The third kappa shape index (κ3) is 7.05. The predicted molar refractivity (Wildman–Crippen MR) is 147 cm³/mol. The molecule has 1 heterocycles. The molecule has 1 unspecified atom stereocenters. The van der Waals surface area contributed by atoms with Crippen LogP contribution in [0.2, 0.25) is 5.02 Å². The van der Waals surface area contributed by atoms with Crippen LogP contribution in [0.25, 0.3) is 10.9 Å². The number of carbonyl (C=O) groups excluding carboxylic acids is 2. The number of methoxy groups -OCH3 is 1. The van der Waals surface area contributed by atoms with Crippen LogP contribution in [0.1, 0.15) is 19.5 Å². The maximum Gasteiger partial charge on any atom is 0.258 e. The van der Waals surface area contributed by atoms with Gasteiger partial charge in [0.25, 0.3) is 5.91 Å². The standard InChI is InChI=1S/C29H30ClN3O4.H2/c1-20(34)33(17-21-7-3-6-10-28(21)36-2)18-24(15-22-16-31-27-9-5-4-8-26(22)27)32-29(35)19-37-25-13-11-23(30)12-14-25;/h3-14,16,24,31H,15,17-19H2,1-2H3,(H,32,35);1H. The van der Waals surface area contributed by atoms with Gasteiger partial charge in [0, 0.05) is 49.1 Å². The van der Waals surface area contributed by atoms with Gasteiger partial charge < -0.3 is 24.7 Å². The number of ether oxygens (including phenoxy) is 2. The number of benzene rings is 3. The summed E-state index contributed by atoms with van der Waals surface area (Å²) in [4.78, 5) is 30.6. The molecule has 8 heteroatoms. The molecule has 0 saturated carbocycles. The van der Waals surface area contributed by atoms with Crippen molar-refractivity contribution in [3.63, 3.8) is 0 Å². The number of carbonyl (C=O) groups is 2. The molecule has 2 N–H and O–H groups in total. The van der Waals surface area contributed by atoms with Crippen LogP contribution in [-0.2, 0) is 22.6 Å². The fourth-order valence-corrected chi connectivity index (χ4v) is 4.41. The van der Waals surface area contributed by atoms with Crippen molar-refractivity contribution in [2.75, 3.05) is 20.3 Å². The van der Waals surface area contributed by atoms with Gasteiger partial charge in [-0.3, -0.25) is 9.59 Å². The van der Waals surface area contributed by atoms with Gasteiger partial charge in [-0.2, -0.15) is 0 Å². The molecule has 0 aliphatic rings. The lowest BCUT2D eigenvalue weighted by Gasteiger charge is -2.28. The van der Waals surface area contributed by atoms with Crippen LogP contribution in [0.5, 0.6) is 11.5 Å². The summed E-state index contributed by atoms with van der Waals surface area (Å²) < 4.78 is 11.1. The zero-order valence-corrected chi connectivity index (χ0v) is 21.6. The lowest BCUT2D eigenvalue weighted by molar-refractivity contribution is -0.131. The Morgan fingerprint density at radius 2 is 1.76 bits per heavy atom. The second-order valence-corrected chi connectivity index (χ2v) is 9.22. The maximum absolute atomic E-state index is 12.9. The smallest absolute Gasteiger partial charge is 0.258 e. The number of H-pyrrole nitrogens is 1. The van der Waals surface area contributed by atoms with Crippen LogP contribution in [-0.4, -0.2) is 48.0 Å². The highest BCUT2D eigenvalue weighted by molar-refractivity contribution is 6.30. The molecule has 1 atom stereocenters. The Balaban J connectivity index is 0.00000400. The van der Waals surface area contributed by atoms with E-state index in [0.29, 0.717) is 36.0 Å². The third-order valence-electron chi connectivity index (χ3n) is 6.13. The summed E-state index contributed by atoms with van der Waals surface area (Å²) in [5.74, 6) is 0.888. The van der Waals surface area contributed by atoms with Gasteiger partial charge in [-0.15, -0.1) is 0 Å². The Hall–Kier alpha value is -3.97. The van der Waals surface area contributed by atoms with Crippen molar-refractivity contribution in [3.05, 3.63) is 95.1 Å². The molecule has 1 aromatic heterocycles. The van der Waals surface area contributed by atoms with Gasteiger partial charge in [-0.05, 0) is 48.4 Å². The second-order valence-electron chi connectivity index (χ2n) is 8.78. The lowest BCUT2D eigenvalue weighted by Crippen LogP contribution is -2.47. The normalized spacial score (nSPS) is 11.6. The van der Waals surface area contributed by atoms with Crippen molar-refractivity contribution in [2.45, 2.75) is 25.9 Å².